The minimum Gasteiger partial charge on any atom is -0.465 e. The Labute approximate surface area is 150 Å². The molecular weight excluding hydrogens is 350 g/mol. The Hall–Kier alpha value is -2.10. The molecule has 1 rings (SSSR count). The van der Waals surface area contributed by atoms with Crippen LogP contribution in [0.2, 0.25) is 0 Å². The highest BCUT2D eigenvalue weighted by atomic mass is 32.2. The number of amides is 2. The molecule has 0 spiro atoms. The predicted molar refractivity (Wildman–Crippen MR) is 92.2 cm³/mol. The number of aliphatic imine (C=N–C) groups is 1. The maximum Gasteiger partial charge on any atom is 0.328 e. The zero-order valence-electron chi connectivity index (χ0n) is 14.3. The van der Waals surface area contributed by atoms with Crippen LogP contribution in [0.15, 0.2) is 4.99 Å². The maximum absolute atomic E-state index is 12.0. The van der Waals surface area contributed by atoms with Crippen molar-refractivity contribution in [1.29, 1.82) is 0 Å². The summed E-state index contributed by atoms with van der Waals surface area (Å²) in [6, 6.07) is -1.31. The Kier molecular flexibility index (Phi) is 9.60. The Bertz CT molecular complexity index is 525. The van der Waals surface area contributed by atoms with Crippen LogP contribution in [0.25, 0.3) is 0 Å². The van der Waals surface area contributed by atoms with E-state index in [1.165, 1.54) is 11.8 Å². The van der Waals surface area contributed by atoms with E-state index in [1.807, 2.05) is 0 Å². The van der Waals surface area contributed by atoms with Crippen LogP contribution in [0.3, 0.4) is 0 Å². The summed E-state index contributed by atoms with van der Waals surface area (Å²) in [7, 11) is 0. The number of carbonyl (C=O) groups is 4. The van der Waals surface area contributed by atoms with Crippen molar-refractivity contribution in [3.8, 4) is 0 Å². The molecule has 0 aliphatic carbocycles. The summed E-state index contributed by atoms with van der Waals surface area (Å²) in [5.74, 6) is -0.872. The standard InChI is InChI=1S/C15H23N3O6S/c1-3-23-13(20)7-16-14(21)11-8-25-12(18-11)6-5-10(17-9-19)15(22)24-4-2/h9-11H,3-8H2,1-2H3,(H,16,21)(H,17,19)/t10-,11?/m0/s1. The Morgan fingerprint density at radius 1 is 1.32 bits per heavy atom. The van der Waals surface area contributed by atoms with Gasteiger partial charge in [-0.15, -0.1) is 11.8 Å². The van der Waals surface area contributed by atoms with E-state index in [-0.39, 0.29) is 25.7 Å². The molecule has 140 valence electrons. The van der Waals surface area contributed by atoms with Gasteiger partial charge in [0, 0.05) is 5.75 Å². The molecule has 0 saturated carbocycles. The normalized spacial score (nSPS) is 17.2. The fraction of sp³-hybridized carbons (Fsp3) is 0.667. The van der Waals surface area contributed by atoms with Crippen LogP contribution >= 0.6 is 11.8 Å². The highest BCUT2D eigenvalue weighted by molar-refractivity contribution is 8.14. The monoisotopic (exact) mass is 373 g/mol. The minimum atomic E-state index is -0.738. The third-order valence-electron chi connectivity index (χ3n) is 3.21. The van der Waals surface area contributed by atoms with Crippen LogP contribution in [0.5, 0.6) is 0 Å². The number of hydrogen-bond acceptors (Lipinski definition) is 8. The number of nitrogens with zero attached hydrogens (tertiary/aromatic N) is 1. The smallest absolute Gasteiger partial charge is 0.328 e. The molecule has 1 heterocycles. The van der Waals surface area contributed by atoms with E-state index in [0.29, 0.717) is 25.0 Å². The third-order valence-corrected chi connectivity index (χ3v) is 4.33. The van der Waals surface area contributed by atoms with Crippen molar-refractivity contribution >= 4 is 41.1 Å². The quantitative estimate of drug-likeness (QED) is 0.374. The van der Waals surface area contributed by atoms with Gasteiger partial charge < -0.3 is 20.1 Å². The Morgan fingerprint density at radius 3 is 2.68 bits per heavy atom. The molecule has 0 fully saturated rings. The predicted octanol–water partition coefficient (Wildman–Crippen LogP) is -0.362. The molecule has 2 amide bonds. The van der Waals surface area contributed by atoms with Gasteiger partial charge in [0.25, 0.3) is 0 Å². The van der Waals surface area contributed by atoms with Crippen molar-refractivity contribution in [2.45, 2.75) is 38.8 Å². The van der Waals surface area contributed by atoms with Gasteiger partial charge in [0.1, 0.15) is 18.6 Å². The highest BCUT2D eigenvalue weighted by Crippen LogP contribution is 2.22. The number of thioether (sulfide) groups is 1. The molecule has 0 aromatic heterocycles. The van der Waals surface area contributed by atoms with Crippen molar-refractivity contribution in [1.82, 2.24) is 10.6 Å². The number of carbonyl (C=O) groups excluding carboxylic acids is 4. The van der Waals surface area contributed by atoms with Crippen molar-refractivity contribution in [3.05, 3.63) is 0 Å². The van der Waals surface area contributed by atoms with E-state index in [4.69, 9.17) is 9.47 Å². The van der Waals surface area contributed by atoms with E-state index in [2.05, 4.69) is 15.6 Å². The second kappa shape index (κ2) is 11.5. The molecule has 25 heavy (non-hydrogen) atoms. The van der Waals surface area contributed by atoms with E-state index in [9.17, 15) is 19.2 Å². The van der Waals surface area contributed by atoms with Crippen LogP contribution in [0.1, 0.15) is 26.7 Å². The summed E-state index contributed by atoms with van der Waals surface area (Å²) < 4.78 is 9.62. The van der Waals surface area contributed by atoms with Gasteiger partial charge in [-0.1, -0.05) is 0 Å². The van der Waals surface area contributed by atoms with Crippen molar-refractivity contribution < 1.29 is 28.7 Å². The molecule has 10 heteroatoms. The third kappa shape index (κ3) is 7.55. The molecule has 1 aliphatic heterocycles. The van der Waals surface area contributed by atoms with Crippen LogP contribution in [0.4, 0.5) is 0 Å². The second-order valence-electron chi connectivity index (χ2n) is 5.00. The number of esters is 2. The lowest BCUT2D eigenvalue weighted by Crippen LogP contribution is -2.38. The fourth-order valence-corrected chi connectivity index (χ4v) is 3.09. The van der Waals surface area contributed by atoms with E-state index < -0.39 is 24.0 Å². The van der Waals surface area contributed by atoms with Gasteiger partial charge in [0.15, 0.2) is 0 Å². The minimum absolute atomic E-state index is 0.188. The summed E-state index contributed by atoms with van der Waals surface area (Å²) in [5.41, 5.74) is 0. The fourth-order valence-electron chi connectivity index (χ4n) is 2.05. The van der Waals surface area contributed by atoms with Gasteiger partial charge in [-0.25, -0.2) is 4.79 Å². The molecule has 0 aromatic carbocycles. The van der Waals surface area contributed by atoms with E-state index >= 15 is 0 Å². The summed E-state index contributed by atoms with van der Waals surface area (Å²) >= 11 is 1.41. The van der Waals surface area contributed by atoms with Crippen LogP contribution in [-0.4, -0.2) is 66.9 Å². The van der Waals surface area contributed by atoms with Crippen LogP contribution < -0.4 is 10.6 Å². The summed E-state index contributed by atoms with van der Waals surface area (Å²) in [6.45, 7) is 3.67. The van der Waals surface area contributed by atoms with Gasteiger partial charge in [-0.2, -0.15) is 0 Å². The average Bonchev–Trinajstić information content (AvgIpc) is 3.06. The van der Waals surface area contributed by atoms with Crippen molar-refractivity contribution in [2.24, 2.45) is 4.99 Å². The SMILES string of the molecule is CCOC(=O)CNC(=O)C1CSC(CC[C@H](NC=O)C(=O)OCC)=N1. The summed E-state index contributed by atoms with van der Waals surface area (Å²) in [6.07, 6.45) is 1.23. The van der Waals surface area contributed by atoms with Gasteiger partial charge in [-0.05, 0) is 26.7 Å². The lowest BCUT2D eigenvalue weighted by atomic mass is 10.1. The lowest BCUT2D eigenvalue weighted by Gasteiger charge is -2.14. The van der Waals surface area contributed by atoms with Crippen molar-refractivity contribution in [2.75, 3.05) is 25.5 Å². The number of nitrogens with one attached hydrogen (secondary N) is 2. The van der Waals surface area contributed by atoms with Crippen LogP contribution in [-0.2, 0) is 28.7 Å². The Balaban J connectivity index is 2.45. The zero-order valence-corrected chi connectivity index (χ0v) is 15.1. The maximum atomic E-state index is 12.0. The van der Waals surface area contributed by atoms with Gasteiger partial charge in [-0.3, -0.25) is 19.4 Å². The molecule has 0 radical (unpaired) electrons. The van der Waals surface area contributed by atoms with Gasteiger partial charge >= 0.3 is 11.9 Å². The van der Waals surface area contributed by atoms with Gasteiger partial charge in [0.2, 0.25) is 12.3 Å². The first-order valence-electron chi connectivity index (χ1n) is 8.00. The number of rotatable bonds is 11. The molecule has 2 atom stereocenters. The molecule has 0 bridgehead atoms. The molecule has 2 N–H and O–H groups in total. The van der Waals surface area contributed by atoms with E-state index in [0.717, 1.165) is 5.04 Å². The van der Waals surface area contributed by atoms with Crippen molar-refractivity contribution in [3.63, 3.8) is 0 Å². The van der Waals surface area contributed by atoms with Gasteiger partial charge in [0.05, 0.1) is 18.3 Å². The highest BCUT2D eigenvalue weighted by Gasteiger charge is 2.27. The number of ether oxygens (including phenoxy) is 2. The van der Waals surface area contributed by atoms with Crippen LogP contribution in [0, 0.1) is 0 Å². The average molecular weight is 373 g/mol. The molecule has 1 aliphatic rings. The molecule has 0 saturated heterocycles. The largest absolute Gasteiger partial charge is 0.465 e. The van der Waals surface area contributed by atoms with E-state index in [1.54, 1.807) is 13.8 Å². The summed E-state index contributed by atoms with van der Waals surface area (Å²) in [5, 5.41) is 5.62. The number of hydrogen-bond donors (Lipinski definition) is 2. The molecule has 0 aromatic rings. The lowest BCUT2D eigenvalue weighted by molar-refractivity contribution is -0.146. The first-order chi connectivity index (χ1) is 12.0. The molecule has 9 nitrogen and oxygen atoms in total. The summed E-state index contributed by atoms with van der Waals surface area (Å²) in [4.78, 5) is 49.8. The first kappa shape index (κ1) is 20.9. The first-order valence-corrected chi connectivity index (χ1v) is 8.99. The zero-order chi connectivity index (χ0) is 18.7. The molecule has 1 unspecified atom stereocenters. The molecular formula is C15H23N3O6S. The topological polar surface area (TPSA) is 123 Å². The Morgan fingerprint density at radius 2 is 2.04 bits per heavy atom. The second-order valence-corrected chi connectivity index (χ2v) is 6.09.